The molecule has 1 N–H and O–H groups in total. The Labute approximate surface area is 96.7 Å². The summed E-state index contributed by atoms with van der Waals surface area (Å²) in [7, 11) is -0.599. The van der Waals surface area contributed by atoms with Gasteiger partial charge in [-0.3, -0.25) is 4.21 Å². The molecule has 0 radical (unpaired) electrons. The highest BCUT2D eigenvalue weighted by Crippen LogP contribution is 2.16. The maximum Gasteiger partial charge on any atom is 0.129 e. The lowest BCUT2D eigenvalue weighted by Gasteiger charge is -2.23. The average molecular weight is 245 g/mol. The van der Waals surface area contributed by atoms with Gasteiger partial charge in [0.2, 0.25) is 0 Å². The van der Waals surface area contributed by atoms with Crippen LogP contribution in [-0.4, -0.2) is 26.7 Å². The molecule has 0 spiro atoms. The highest BCUT2D eigenvalue weighted by molar-refractivity contribution is 7.85. The van der Waals surface area contributed by atoms with Gasteiger partial charge in [0.1, 0.15) is 5.15 Å². The van der Waals surface area contributed by atoms with Crippen LogP contribution in [0.1, 0.15) is 12.8 Å². The topological polar surface area (TPSA) is 42.0 Å². The number of hydrogen-bond acceptors (Lipinski definition) is 3. The van der Waals surface area contributed by atoms with Gasteiger partial charge in [0.05, 0.1) is 11.9 Å². The summed E-state index contributed by atoms with van der Waals surface area (Å²) < 4.78 is 11.2. The quantitative estimate of drug-likeness (QED) is 0.810. The van der Waals surface area contributed by atoms with Gasteiger partial charge in [-0.1, -0.05) is 11.6 Å². The zero-order valence-electron chi connectivity index (χ0n) is 8.28. The van der Waals surface area contributed by atoms with Gasteiger partial charge in [-0.2, -0.15) is 0 Å². The largest absolute Gasteiger partial charge is 0.381 e. The highest BCUT2D eigenvalue weighted by Gasteiger charge is 2.17. The Morgan fingerprint density at radius 3 is 2.73 bits per heavy atom. The lowest BCUT2D eigenvalue weighted by molar-refractivity contribution is 0.624. The van der Waals surface area contributed by atoms with E-state index in [9.17, 15) is 4.21 Å². The molecule has 0 bridgehead atoms. The fourth-order valence-corrected chi connectivity index (χ4v) is 3.05. The number of pyridine rings is 1. The van der Waals surface area contributed by atoms with Crippen molar-refractivity contribution >= 4 is 28.1 Å². The number of nitrogens with zero attached hydrogens (tertiary/aromatic N) is 1. The molecule has 0 unspecified atom stereocenters. The number of nitrogens with one attached hydrogen (secondary N) is 1. The Morgan fingerprint density at radius 2 is 2.13 bits per heavy atom. The van der Waals surface area contributed by atoms with Crippen LogP contribution >= 0.6 is 11.6 Å². The molecule has 1 aromatic rings. The molecule has 15 heavy (non-hydrogen) atoms. The molecule has 1 aliphatic rings. The molecule has 5 heteroatoms. The molecule has 0 aromatic carbocycles. The van der Waals surface area contributed by atoms with E-state index in [2.05, 4.69) is 10.3 Å². The van der Waals surface area contributed by atoms with Crippen molar-refractivity contribution in [3.8, 4) is 0 Å². The Morgan fingerprint density at radius 1 is 1.40 bits per heavy atom. The molecule has 0 aliphatic carbocycles. The number of hydrogen-bond donors (Lipinski definition) is 1. The highest BCUT2D eigenvalue weighted by atomic mass is 35.5. The standard InChI is InChI=1S/C10H13ClN2OS/c11-10-2-1-9(7-12-10)13-8-3-5-15(14)6-4-8/h1-2,7-8,13H,3-6H2. The van der Waals surface area contributed by atoms with E-state index in [1.54, 1.807) is 12.3 Å². The van der Waals surface area contributed by atoms with E-state index in [0.717, 1.165) is 30.0 Å². The number of aromatic nitrogens is 1. The van der Waals surface area contributed by atoms with Crippen LogP contribution in [0.15, 0.2) is 18.3 Å². The van der Waals surface area contributed by atoms with Crippen molar-refractivity contribution in [2.45, 2.75) is 18.9 Å². The zero-order chi connectivity index (χ0) is 10.7. The molecule has 0 atom stereocenters. The third-order valence-corrected chi connectivity index (χ3v) is 4.09. The van der Waals surface area contributed by atoms with E-state index in [1.807, 2.05) is 6.07 Å². The van der Waals surface area contributed by atoms with Crippen molar-refractivity contribution in [3.05, 3.63) is 23.5 Å². The van der Waals surface area contributed by atoms with E-state index in [-0.39, 0.29) is 0 Å². The van der Waals surface area contributed by atoms with Crippen LogP contribution in [0.25, 0.3) is 0 Å². The molecule has 2 rings (SSSR count). The van der Waals surface area contributed by atoms with Crippen LogP contribution in [0.2, 0.25) is 5.15 Å². The Balaban J connectivity index is 1.91. The van der Waals surface area contributed by atoms with E-state index < -0.39 is 10.8 Å². The Kier molecular flexibility index (Phi) is 3.59. The third-order valence-electron chi connectivity index (χ3n) is 2.49. The minimum absolute atomic E-state index is 0.422. The normalized spacial score (nSPS) is 26.2. The monoisotopic (exact) mass is 244 g/mol. The minimum Gasteiger partial charge on any atom is -0.381 e. The molecule has 82 valence electrons. The molecule has 3 nitrogen and oxygen atoms in total. The third kappa shape index (κ3) is 3.18. The van der Waals surface area contributed by atoms with E-state index in [4.69, 9.17) is 11.6 Å². The van der Waals surface area contributed by atoms with Crippen LogP contribution in [0.4, 0.5) is 5.69 Å². The van der Waals surface area contributed by atoms with Gasteiger partial charge in [-0.15, -0.1) is 0 Å². The molecule has 1 aromatic heterocycles. The second-order valence-corrected chi connectivity index (χ2v) is 5.72. The van der Waals surface area contributed by atoms with Crippen molar-refractivity contribution in [2.24, 2.45) is 0 Å². The van der Waals surface area contributed by atoms with Gasteiger partial charge in [0.25, 0.3) is 0 Å². The van der Waals surface area contributed by atoms with Gasteiger partial charge in [0, 0.05) is 28.3 Å². The summed E-state index contributed by atoms with van der Waals surface area (Å²) in [4.78, 5) is 4.00. The van der Waals surface area contributed by atoms with Crippen molar-refractivity contribution < 1.29 is 4.21 Å². The maximum absolute atomic E-state index is 11.2. The lowest BCUT2D eigenvalue weighted by atomic mass is 10.1. The molecule has 0 amide bonds. The predicted molar refractivity (Wildman–Crippen MR) is 63.8 cm³/mol. The molecule has 1 aliphatic heterocycles. The first-order valence-corrected chi connectivity index (χ1v) is 6.84. The Hall–Kier alpha value is -0.610. The summed E-state index contributed by atoms with van der Waals surface area (Å²) in [6, 6.07) is 4.11. The van der Waals surface area contributed by atoms with Crippen molar-refractivity contribution in [3.63, 3.8) is 0 Å². The molecule has 1 fully saturated rings. The average Bonchev–Trinajstić information content (AvgIpc) is 2.25. The summed E-state index contributed by atoms with van der Waals surface area (Å²) in [6.45, 7) is 0. The second-order valence-electron chi connectivity index (χ2n) is 3.64. The smallest absolute Gasteiger partial charge is 0.129 e. The minimum atomic E-state index is -0.599. The maximum atomic E-state index is 11.2. The summed E-state index contributed by atoms with van der Waals surface area (Å²) in [5.41, 5.74) is 0.983. The van der Waals surface area contributed by atoms with E-state index >= 15 is 0 Å². The van der Waals surface area contributed by atoms with Gasteiger partial charge >= 0.3 is 0 Å². The van der Waals surface area contributed by atoms with Crippen molar-refractivity contribution in [2.75, 3.05) is 16.8 Å². The predicted octanol–water partition coefficient (Wildman–Crippen LogP) is 2.06. The molecule has 0 saturated carbocycles. The lowest BCUT2D eigenvalue weighted by Crippen LogP contribution is -2.29. The summed E-state index contributed by atoms with van der Waals surface area (Å²) in [5.74, 6) is 1.61. The Bertz CT molecular complexity index is 345. The first-order valence-electron chi connectivity index (χ1n) is 4.97. The van der Waals surface area contributed by atoms with Crippen molar-refractivity contribution in [1.29, 1.82) is 0 Å². The van der Waals surface area contributed by atoms with Crippen LogP contribution in [0.3, 0.4) is 0 Å². The fraction of sp³-hybridized carbons (Fsp3) is 0.500. The van der Waals surface area contributed by atoms with Crippen LogP contribution in [0, 0.1) is 0 Å². The van der Waals surface area contributed by atoms with Gasteiger partial charge in [-0.25, -0.2) is 4.98 Å². The van der Waals surface area contributed by atoms with E-state index in [0.29, 0.717) is 11.2 Å². The number of rotatable bonds is 2. The zero-order valence-corrected chi connectivity index (χ0v) is 9.85. The number of halogens is 1. The van der Waals surface area contributed by atoms with Gasteiger partial charge < -0.3 is 5.32 Å². The summed E-state index contributed by atoms with van der Waals surface area (Å²) in [5, 5.41) is 3.88. The second kappa shape index (κ2) is 4.94. The van der Waals surface area contributed by atoms with Crippen molar-refractivity contribution in [1.82, 2.24) is 4.98 Å². The summed E-state index contributed by atoms with van der Waals surface area (Å²) in [6.07, 6.45) is 3.67. The molecular weight excluding hydrogens is 232 g/mol. The summed E-state index contributed by atoms with van der Waals surface area (Å²) >= 11 is 5.69. The molecule has 1 saturated heterocycles. The van der Waals surface area contributed by atoms with Gasteiger partial charge in [0.15, 0.2) is 0 Å². The first kappa shape index (κ1) is 10.9. The van der Waals surface area contributed by atoms with Crippen LogP contribution < -0.4 is 5.32 Å². The molecule has 2 heterocycles. The molecular formula is C10H13ClN2OS. The fourth-order valence-electron chi connectivity index (χ4n) is 1.64. The SMILES string of the molecule is O=S1CCC(Nc2ccc(Cl)nc2)CC1. The van der Waals surface area contributed by atoms with Crippen LogP contribution in [0.5, 0.6) is 0 Å². The van der Waals surface area contributed by atoms with Gasteiger partial charge in [-0.05, 0) is 25.0 Å². The first-order chi connectivity index (χ1) is 7.24. The number of anilines is 1. The van der Waals surface area contributed by atoms with E-state index in [1.165, 1.54) is 0 Å². The van der Waals surface area contributed by atoms with Crippen LogP contribution in [-0.2, 0) is 10.8 Å².